The number of aliphatic hydroxyl groups is 1. The van der Waals surface area contributed by atoms with E-state index in [0.29, 0.717) is 16.8 Å². The van der Waals surface area contributed by atoms with Crippen molar-refractivity contribution in [2.45, 2.75) is 19.2 Å². The number of hydrogen-bond donors (Lipinski definition) is 1. The average Bonchev–Trinajstić information content (AvgIpc) is 2.82. The van der Waals surface area contributed by atoms with E-state index in [2.05, 4.69) is 0 Å². The van der Waals surface area contributed by atoms with Gasteiger partial charge in [0, 0.05) is 24.1 Å². The van der Waals surface area contributed by atoms with Gasteiger partial charge in [0.05, 0.1) is 24.1 Å². The first kappa shape index (κ1) is 26.3. The second-order valence-corrected chi connectivity index (χ2v) is 10.1. The van der Waals surface area contributed by atoms with E-state index < -0.39 is 39.0 Å². The lowest BCUT2D eigenvalue weighted by Crippen LogP contribution is -2.28. The molecule has 0 fully saturated rings. The Morgan fingerprint density at radius 3 is 2.26 bits per heavy atom. The lowest BCUT2D eigenvalue weighted by molar-refractivity contribution is -0.137. The number of halogens is 3. The first-order chi connectivity index (χ1) is 16.4. The Labute approximate surface area is 200 Å². The van der Waals surface area contributed by atoms with E-state index in [1.807, 2.05) is 0 Å². The second-order valence-electron chi connectivity index (χ2n) is 7.70. The molecule has 0 aliphatic heterocycles. The molecule has 7 nitrogen and oxygen atoms in total. The minimum Gasteiger partial charge on any atom is -0.493 e. The minimum absolute atomic E-state index is 0.0888. The van der Waals surface area contributed by atoms with Gasteiger partial charge < -0.3 is 14.6 Å². The first-order valence-electron chi connectivity index (χ1n) is 10.5. The van der Waals surface area contributed by atoms with Crippen LogP contribution in [0.25, 0.3) is 16.8 Å². The predicted molar refractivity (Wildman–Crippen MR) is 125 cm³/mol. The van der Waals surface area contributed by atoms with Crippen molar-refractivity contribution in [3.05, 3.63) is 76.7 Å². The second kappa shape index (κ2) is 10.5. The van der Waals surface area contributed by atoms with Gasteiger partial charge >= 0.3 is 6.18 Å². The Morgan fingerprint density at radius 1 is 1.00 bits per heavy atom. The number of pyridine rings is 1. The summed E-state index contributed by atoms with van der Waals surface area (Å²) in [5.74, 6) is -0.00983. The van der Waals surface area contributed by atoms with E-state index in [9.17, 15) is 31.5 Å². The molecule has 0 aliphatic rings. The molecule has 35 heavy (non-hydrogen) atoms. The van der Waals surface area contributed by atoms with Crippen LogP contribution in [-0.4, -0.2) is 49.4 Å². The Hall–Kier alpha value is -3.31. The number of ether oxygens (including phenoxy) is 2. The fourth-order valence-corrected chi connectivity index (χ4v) is 4.21. The molecule has 188 valence electrons. The van der Waals surface area contributed by atoms with Crippen LogP contribution < -0.4 is 15.0 Å². The van der Waals surface area contributed by atoms with Crippen molar-refractivity contribution >= 4 is 9.84 Å². The number of sulfone groups is 1. The molecule has 2 aromatic carbocycles. The molecule has 3 aromatic rings. The zero-order valence-corrected chi connectivity index (χ0v) is 19.8. The number of aliphatic hydroxyl groups excluding tert-OH is 1. The third-order valence-electron chi connectivity index (χ3n) is 5.21. The van der Waals surface area contributed by atoms with Crippen LogP contribution in [0.2, 0.25) is 0 Å². The van der Waals surface area contributed by atoms with Gasteiger partial charge in [-0.3, -0.25) is 9.36 Å². The van der Waals surface area contributed by atoms with Gasteiger partial charge in [-0.25, -0.2) is 8.42 Å². The van der Waals surface area contributed by atoms with Crippen molar-refractivity contribution in [2.75, 3.05) is 25.2 Å². The molecule has 1 N–H and O–H groups in total. The molecule has 0 saturated heterocycles. The van der Waals surface area contributed by atoms with E-state index in [0.717, 1.165) is 12.1 Å². The van der Waals surface area contributed by atoms with Gasteiger partial charge in [-0.05, 0) is 41.5 Å². The molecule has 3 rings (SSSR count). The van der Waals surface area contributed by atoms with Crippen molar-refractivity contribution < 1.29 is 36.2 Å². The smallest absolute Gasteiger partial charge is 0.416 e. The summed E-state index contributed by atoms with van der Waals surface area (Å²) in [7, 11) is -1.98. The van der Waals surface area contributed by atoms with Crippen LogP contribution in [0.15, 0.2) is 65.6 Å². The summed E-state index contributed by atoms with van der Waals surface area (Å²) in [6.45, 7) is 1.22. The molecule has 0 spiro atoms. The van der Waals surface area contributed by atoms with E-state index in [-0.39, 0.29) is 23.9 Å². The third-order valence-corrected chi connectivity index (χ3v) is 6.98. The van der Waals surface area contributed by atoms with Crippen molar-refractivity contribution in [3.63, 3.8) is 0 Å². The highest BCUT2D eigenvalue weighted by molar-refractivity contribution is 7.91. The number of hydrogen-bond acceptors (Lipinski definition) is 6. The van der Waals surface area contributed by atoms with E-state index >= 15 is 0 Å². The van der Waals surface area contributed by atoms with Crippen LogP contribution in [-0.2, 0) is 16.0 Å². The molecule has 0 unspecified atom stereocenters. The average molecular weight is 512 g/mol. The van der Waals surface area contributed by atoms with Crippen molar-refractivity contribution in [3.8, 4) is 28.3 Å². The number of rotatable bonds is 9. The number of alkyl halides is 3. The van der Waals surface area contributed by atoms with E-state index in [1.165, 1.54) is 55.1 Å². The van der Waals surface area contributed by atoms with E-state index in [4.69, 9.17) is 9.47 Å². The molecule has 1 atom stereocenters. The van der Waals surface area contributed by atoms with Gasteiger partial charge in [0.15, 0.2) is 21.3 Å². The fraction of sp³-hybridized carbons (Fsp3) is 0.292. The largest absolute Gasteiger partial charge is 0.493 e. The topological polar surface area (TPSA) is 94.8 Å². The monoisotopic (exact) mass is 511 g/mol. The van der Waals surface area contributed by atoms with Gasteiger partial charge in [0.2, 0.25) is 0 Å². The number of aromatic nitrogens is 1. The molecule has 0 radical (unpaired) electrons. The Bertz CT molecular complexity index is 1330. The summed E-state index contributed by atoms with van der Waals surface area (Å²) < 4.78 is 73.7. The fourth-order valence-electron chi connectivity index (χ4n) is 3.29. The van der Waals surface area contributed by atoms with Crippen LogP contribution in [0.5, 0.6) is 11.5 Å². The molecule has 0 bridgehead atoms. The summed E-state index contributed by atoms with van der Waals surface area (Å²) >= 11 is 0. The van der Waals surface area contributed by atoms with Crippen molar-refractivity contribution in [1.82, 2.24) is 4.57 Å². The third kappa shape index (κ3) is 6.64. The molecule has 11 heteroatoms. The lowest BCUT2D eigenvalue weighted by atomic mass is 10.0. The zero-order chi connectivity index (χ0) is 25.8. The molecule has 0 saturated carbocycles. The van der Waals surface area contributed by atoms with E-state index in [1.54, 1.807) is 12.1 Å². The summed E-state index contributed by atoms with van der Waals surface area (Å²) in [4.78, 5) is 12.7. The summed E-state index contributed by atoms with van der Waals surface area (Å²) in [6, 6.07) is 12.1. The quantitative estimate of drug-likeness (QED) is 0.471. The highest BCUT2D eigenvalue weighted by atomic mass is 32.2. The van der Waals surface area contributed by atoms with Gasteiger partial charge in [-0.2, -0.15) is 13.2 Å². The first-order valence-corrected chi connectivity index (χ1v) is 12.4. The standard InChI is InChI=1S/C24H24F3NO6S/c1-3-35(31,32)15-20(29)14-34-21-9-8-19(13-22(21)33-2)28-11-10-17(12-23(28)30)16-4-6-18(7-5-16)24(25,26)27/h4-13,20,29H,3,14-15H2,1-2H3/t20-/m0/s1. The summed E-state index contributed by atoms with van der Waals surface area (Å²) in [6.07, 6.45) is -4.17. The molecular weight excluding hydrogens is 487 g/mol. The number of benzene rings is 2. The van der Waals surface area contributed by atoms with Crippen LogP contribution in [0.1, 0.15) is 12.5 Å². The maximum Gasteiger partial charge on any atom is 0.416 e. The number of methoxy groups -OCH3 is 1. The van der Waals surface area contributed by atoms with Gasteiger partial charge in [-0.1, -0.05) is 19.1 Å². The SMILES string of the molecule is CCS(=O)(=O)C[C@@H](O)COc1ccc(-n2ccc(-c3ccc(C(F)(F)F)cc3)cc2=O)cc1OC. The van der Waals surface area contributed by atoms with Crippen LogP contribution in [0.4, 0.5) is 13.2 Å². The normalized spacial score (nSPS) is 12.9. The number of nitrogens with zero attached hydrogens (tertiary/aromatic N) is 1. The summed E-state index contributed by atoms with van der Waals surface area (Å²) in [5.41, 5.74) is 0.171. The highest BCUT2D eigenvalue weighted by Gasteiger charge is 2.30. The molecule has 1 heterocycles. The maximum atomic E-state index is 12.8. The van der Waals surface area contributed by atoms with Gasteiger partial charge in [-0.15, -0.1) is 0 Å². The molecule has 0 amide bonds. The van der Waals surface area contributed by atoms with Crippen molar-refractivity contribution in [1.29, 1.82) is 0 Å². The Balaban J connectivity index is 1.79. The van der Waals surface area contributed by atoms with Crippen LogP contribution in [0.3, 0.4) is 0 Å². The van der Waals surface area contributed by atoms with Crippen molar-refractivity contribution in [2.24, 2.45) is 0 Å². The van der Waals surface area contributed by atoms with Gasteiger partial charge in [0.25, 0.3) is 5.56 Å². The highest BCUT2D eigenvalue weighted by Crippen LogP contribution is 2.31. The van der Waals surface area contributed by atoms with Crippen LogP contribution in [0, 0.1) is 0 Å². The molecular formula is C24H24F3NO6S. The molecule has 0 aliphatic carbocycles. The lowest BCUT2D eigenvalue weighted by Gasteiger charge is -2.16. The molecule has 1 aromatic heterocycles. The van der Waals surface area contributed by atoms with Crippen LogP contribution >= 0.6 is 0 Å². The van der Waals surface area contributed by atoms with Gasteiger partial charge in [0.1, 0.15) is 12.7 Å². The summed E-state index contributed by atoms with van der Waals surface area (Å²) in [5, 5.41) is 9.94. The predicted octanol–water partition coefficient (Wildman–Crippen LogP) is 3.71. The zero-order valence-electron chi connectivity index (χ0n) is 18.9. The minimum atomic E-state index is -4.44. The Morgan fingerprint density at radius 2 is 1.69 bits per heavy atom. The maximum absolute atomic E-state index is 12.8. The Kier molecular flexibility index (Phi) is 7.91.